The van der Waals surface area contributed by atoms with Gasteiger partial charge in [0, 0.05) is 29.4 Å². The highest BCUT2D eigenvalue weighted by Gasteiger charge is 2.14. The molecule has 0 N–H and O–H groups in total. The highest BCUT2D eigenvalue weighted by Crippen LogP contribution is 2.41. The molecule has 0 aliphatic rings. The number of pyridine rings is 2. The lowest BCUT2D eigenvalue weighted by Gasteiger charge is -2.15. The lowest BCUT2D eigenvalue weighted by molar-refractivity contribution is 1.33. The Morgan fingerprint density at radius 1 is 0.500 bits per heavy atom. The molecule has 0 atom stereocenters. The molecular weight excluding hydrogens is 340 g/mol. The second-order valence-corrected chi connectivity index (χ2v) is 7.07. The molecule has 0 unspecified atom stereocenters. The van der Waals surface area contributed by atoms with Crippen molar-refractivity contribution in [1.82, 2.24) is 9.97 Å². The van der Waals surface area contributed by atoms with E-state index in [1.165, 1.54) is 48.8 Å². The predicted octanol–water partition coefficient (Wildman–Crippen LogP) is 6.76. The fourth-order valence-electron chi connectivity index (χ4n) is 4.39. The molecule has 0 aliphatic heterocycles. The minimum absolute atomic E-state index is 1.06. The van der Waals surface area contributed by atoms with Crippen LogP contribution in [0.4, 0.5) is 0 Å². The van der Waals surface area contributed by atoms with E-state index in [4.69, 9.17) is 4.98 Å². The minimum Gasteiger partial charge on any atom is -0.265 e. The van der Waals surface area contributed by atoms with Crippen molar-refractivity contribution in [3.8, 4) is 11.1 Å². The van der Waals surface area contributed by atoms with Gasteiger partial charge in [-0.05, 0) is 62.3 Å². The second kappa shape index (κ2) is 5.86. The number of hydrogen-bond donors (Lipinski definition) is 0. The number of fused-ring (bicyclic) bond motifs is 8. The highest BCUT2D eigenvalue weighted by molar-refractivity contribution is 6.32. The summed E-state index contributed by atoms with van der Waals surface area (Å²) < 4.78 is 0. The average molecular weight is 356 g/mol. The third-order valence-corrected chi connectivity index (χ3v) is 5.59. The van der Waals surface area contributed by atoms with Crippen LogP contribution in [0, 0.1) is 0 Å². The molecule has 130 valence electrons. The second-order valence-electron chi connectivity index (χ2n) is 7.07. The van der Waals surface area contributed by atoms with Crippen molar-refractivity contribution in [2.45, 2.75) is 0 Å². The van der Waals surface area contributed by atoms with Crippen molar-refractivity contribution in [3.05, 3.63) is 97.5 Å². The maximum atomic E-state index is 4.74. The maximum Gasteiger partial charge on any atom is 0.0786 e. The van der Waals surface area contributed by atoms with Gasteiger partial charge in [0.05, 0.1) is 5.52 Å². The van der Waals surface area contributed by atoms with E-state index in [0.29, 0.717) is 0 Å². The monoisotopic (exact) mass is 356 g/mol. The molecule has 0 fully saturated rings. The van der Waals surface area contributed by atoms with Crippen LogP contribution in [0.2, 0.25) is 0 Å². The standard InChI is InChI=1S/C26H16N2/c1-3-8-20-18(6-1)23(17-11-14-27-15-12-17)16-24-19-7-2-4-9-21(19)26-22(25(20)24)10-5-13-28-26/h1-16H. The molecule has 0 amide bonds. The molecule has 2 aromatic heterocycles. The molecule has 2 nitrogen and oxygen atoms in total. The van der Waals surface area contributed by atoms with Gasteiger partial charge in [-0.3, -0.25) is 9.97 Å². The SMILES string of the molecule is c1ccc2c(c1)c(-c1ccncc1)cc1c3ccccc3c3ncccc3c21. The van der Waals surface area contributed by atoms with Gasteiger partial charge in [-0.1, -0.05) is 54.6 Å². The summed E-state index contributed by atoms with van der Waals surface area (Å²) in [6.45, 7) is 0. The normalized spacial score (nSPS) is 11.6. The molecule has 2 heteroatoms. The Kier molecular flexibility index (Phi) is 3.20. The number of rotatable bonds is 1. The fourth-order valence-corrected chi connectivity index (χ4v) is 4.39. The Labute approximate surface area is 162 Å². The van der Waals surface area contributed by atoms with E-state index in [1.807, 2.05) is 24.7 Å². The van der Waals surface area contributed by atoms with E-state index in [2.05, 4.69) is 77.8 Å². The van der Waals surface area contributed by atoms with E-state index in [0.717, 1.165) is 5.52 Å². The topological polar surface area (TPSA) is 25.8 Å². The molecule has 0 saturated heterocycles. The van der Waals surface area contributed by atoms with E-state index in [-0.39, 0.29) is 0 Å². The first-order valence-electron chi connectivity index (χ1n) is 9.43. The van der Waals surface area contributed by atoms with Crippen LogP contribution in [0.5, 0.6) is 0 Å². The molecule has 6 aromatic rings. The smallest absolute Gasteiger partial charge is 0.0786 e. The van der Waals surface area contributed by atoms with Crippen molar-refractivity contribution >= 4 is 43.2 Å². The minimum atomic E-state index is 1.06. The summed E-state index contributed by atoms with van der Waals surface area (Å²) >= 11 is 0. The largest absolute Gasteiger partial charge is 0.265 e. The fraction of sp³-hybridized carbons (Fsp3) is 0. The van der Waals surface area contributed by atoms with Crippen molar-refractivity contribution in [3.63, 3.8) is 0 Å². The summed E-state index contributed by atoms with van der Waals surface area (Å²) in [5.74, 6) is 0. The van der Waals surface area contributed by atoms with E-state index < -0.39 is 0 Å². The first-order valence-corrected chi connectivity index (χ1v) is 9.43. The lowest BCUT2D eigenvalue weighted by atomic mass is 9.89. The molecular formula is C26H16N2. The predicted molar refractivity (Wildman–Crippen MR) is 117 cm³/mol. The zero-order chi connectivity index (χ0) is 18.5. The third-order valence-electron chi connectivity index (χ3n) is 5.59. The summed E-state index contributed by atoms with van der Waals surface area (Å²) in [5, 5.41) is 8.69. The van der Waals surface area contributed by atoms with Crippen LogP contribution in [0.25, 0.3) is 54.3 Å². The molecule has 0 bridgehead atoms. The molecule has 6 rings (SSSR count). The van der Waals surface area contributed by atoms with Crippen molar-refractivity contribution < 1.29 is 0 Å². The summed E-state index contributed by atoms with van der Waals surface area (Å²) in [6, 6.07) is 28.0. The first kappa shape index (κ1) is 15.3. The number of hydrogen-bond acceptors (Lipinski definition) is 2. The molecule has 0 radical (unpaired) electrons. The van der Waals surface area contributed by atoms with Gasteiger partial charge in [0.25, 0.3) is 0 Å². The number of benzene rings is 4. The molecule has 0 saturated carbocycles. The van der Waals surface area contributed by atoms with Gasteiger partial charge in [0.1, 0.15) is 0 Å². The summed E-state index contributed by atoms with van der Waals surface area (Å²) in [7, 11) is 0. The van der Waals surface area contributed by atoms with Gasteiger partial charge in [-0.2, -0.15) is 0 Å². The van der Waals surface area contributed by atoms with Gasteiger partial charge in [-0.25, -0.2) is 0 Å². The quantitative estimate of drug-likeness (QED) is 0.304. The molecule has 0 spiro atoms. The third kappa shape index (κ3) is 2.09. The van der Waals surface area contributed by atoms with E-state index in [1.54, 1.807) is 0 Å². The summed E-state index contributed by atoms with van der Waals surface area (Å²) in [4.78, 5) is 8.93. The Hall–Kier alpha value is -3.78. The van der Waals surface area contributed by atoms with Crippen molar-refractivity contribution in [1.29, 1.82) is 0 Å². The summed E-state index contributed by atoms with van der Waals surface area (Å²) in [6.07, 6.45) is 5.60. The van der Waals surface area contributed by atoms with Crippen LogP contribution in [-0.2, 0) is 0 Å². The van der Waals surface area contributed by atoms with Crippen LogP contribution < -0.4 is 0 Å². The van der Waals surface area contributed by atoms with Crippen LogP contribution in [0.3, 0.4) is 0 Å². The van der Waals surface area contributed by atoms with Crippen molar-refractivity contribution in [2.75, 3.05) is 0 Å². The first-order chi connectivity index (χ1) is 13.9. The summed E-state index contributed by atoms with van der Waals surface area (Å²) in [5.41, 5.74) is 3.48. The Morgan fingerprint density at radius 3 is 2.00 bits per heavy atom. The van der Waals surface area contributed by atoms with Gasteiger partial charge >= 0.3 is 0 Å². The van der Waals surface area contributed by atoms with Crippen molar-refractivity contribution in [2.24, 2.45) is 0 Å². The van der Waals surface area contributed by atoms with Gasteiger partial charge in [0.2, 0.25) is 0 Å². The van der Waals surface area contributed by atoms with Gasteiger partial charge in [0.15, 0.2) is 0 Å². The average Bonchev–Trinajstić information content (AvgIpc) is 2.79. The van der Waals surface area contributed by atoms with Crippen LogP contribution in [0.1, 0.15) is 0 Å². The number of nitrogens with zero attached hydrogens (tertiary/aromatic N) is 2. The van der Waals surface area contributed by atoms with E-state index in [9.17, 15) is 0 Å². The van der Waals surface area contributed by atoms with E-state index >= 15 is 0 Å². The van der Waals surface area contributed by atoms with Gasteiger partial charge in [-0.15, -0.1) is 0 Å². The van der Waals surface area contributed by atoms with Crippen LogP contribution >= 0.6 is 0 Å². The Bertz CT molecular complexity index is 1500. The lowest BCUT2D eigenvalue weighted by Crippen LogP contribution is -1.89. The number of aromatic nitrogens is 2. The highest BCUT2D eigenvalue weighted by atomic mass is 14.6. The van der Waals surface area contributed by atoms with Crippen LogP contribution in [0.15, 0.2) is 97.5 Å². The molecule has 4 aromatic carbocycles. The zero-order valence-electron chi connectivity index (χ0n) is 15.1. The Morgan fingerprint density at radius 2 is 1.18 bits per heavy atom. The van der Waals surface area contributed by atoms with Crippen LogP contribution in [-0.4, -0.2) is 9.97 Å². The van der Waals surface area contributed by atoms with Gasteiger partial charge < -0.3 is 0 Å². The molecule has 2 heterocycles. The molecule has 0 aliphatic carbocycles. The zero-order valence-corrected chi connectivity index (χ0v) is 15.1. The maximum absolute atomic E-state index is 4.74. The molecule has 28 heavy (non-hydrogen) atoms. The Balaban J connectivity index is 1.95.